The van der Waals surface area contributed by atoms with E-state index in [4.69, 9.17) is 5.11 Å². The van der Waals surface area contributed by atoms with Gasteiger partial charge >= 0.3 is 6.18 Å². The predicted octanol–water partition coefficient (Wildman–Crippen LogP) is 3.05. The van der Waals surface area contributed by atoms with E-state index in [-0.39, 0.29) is 18.9 Å². The molecule has 0 fully saturated rings. The second-order valence-electron chi connectivity index (χ2n) is 4.59. The van der Waals surface area contributed by atoms with E-state index < -0.39 is 17.8 Å². The normalized spacial score (nSPS) is 13.1. The lowest BCUT2D eigenvalue weighted by Crippen LogP contribution is -2.26. The second kappa shape index (κ2) is 7.28. The number of rotatable bonds is 6. The summed E-state index contributed by atoms with van der Waals surface area (Å²) in [6, 6.07) is 4.43. The van der Waals surface area contributed by atoms with E-state index in [9.17, 15) is 18.0 Å². The topological polar surface area (TPSA) is 49.3 Å². The van der Waals surface area contributed by atoms with Crippen molar-refractivity contribution in [2.75, 3.05) is 6.61 Å². The fraction of sp³-hybridized carbons (Fsp3) is 0.500. The summed E-state index contributed by atoms with van der Waals surface area (Å²) >= 11 is 0. The first-order valence-corrected chi connectivity index (χ1v) is 6.42. The van der Waals surface area contributed by atoms with Gasteiger partial charge < -0.3 is 10.4 Å². The number of aliphatic hydroxyl groups is 1. The van der Waals surface area contributed by atoms with Crippen LogP contribution < -0.4 is 5.32 Å². The third-order valence-electron chi connectivity index (χ3n) is 2.90. The van der Waals surface area contributed by atoms with Crippen molar-refractivity contribution in [1.29, 1.82) is 0 Å². The molecule has 0 heterocycles. The van der Waals surface area contributed by atoms with Crippen molar-refractivity contribution >= 4 is 5.91 Å². The molecule has 0 aliphatic rings. The Bertz CT molecular complexity index is 446. The van der Waals surface area contributed by atoms with Gasteiger partial charge in [-0.05, 0) is 37.5 Å². The number of hydrogen-bond acceptors (Lipinski definition) is 2. The Labute approximate surface area is 115 Å². The van der Waals surface area contributed by atoms with Crippen molar-refractivity contribution < 1.29 is 23.1 Å². The van der Waals surface area contributed by atoms with Crippen molar-refractivity contribution in [2.45, 2.75) is 38.4 Å². The van der Waals surface area contributed by atoms with Gasteiger partial charge in [0.25, 0.3) is 0 Å². The number of carbonyl (C=O) groups is 1. The van der Waals surface area contributed by atoms with Crippen molar-refractivity contribution in [3.05, 3.63) is 35.4 Å². The van der Waals surface area contributed by atoms with Crippen LogP contribution in [0.1, 0.15) is 43.4 Å². The van der Waals surface area contributed by atoms with E-state index in [1.165, 1.54) is 6.07 Å². The lowest BCUT2D eigenvalue weighted by Gasteiger charge is -2.16. The molecule has 0 spiro atoms. The maximum absolute atomic E-state index is 12.6. The van der Waals surface area contributed by atoms with Crippen LogP contribution in [-0.4, -0.2) is 17.6 Å². The molecule has 0 aliphatic carbocycles. The van der Waals surface area contributed by atoms with Crippen LogP contribution in [-0.2, 0) is 11.0 Å². The van der Waals surface area contributed by atoms with Crippen molar-refractivity contribution in [2.24, 2.45) is 0 Å². The average molecular weight is 289 g/mol. The van der Waals surface area contributed by atoms with Crippen LogP contribution in [0.15, 0.2) is 24.3 Å². The standard InChI is InChI=1S/C14H18F3NO2/c1-10(18-13(20)7-2-3-8-19)11-5-4-6-12(9-11)14(15,16)17/h4-6,9-10,19H,2-3,7-8H2,1H3,(H,18,20). The van der Waals surface area contributed by atoms with Crippen LogP contribution in [0.4, 0.5) is 13.2 Å². The number of carbonyl (C=O) groups excluding carboxylic acids is 1. The van der Waals surface area contributed by atoms with Crippen LogP contribution in [0.2, 0.25) is 0 Å². The predicted molar refractivity (Wildman–Crippen MR) is 68.9 cm³/mol. The van der Waals surface area contributed by atoms with Crippen LogP contribution in [0.3, 0.4) is 0 Å². The Morgan fingerprint density at radius 3 is 2.65 bits per heavy atom. The third-order valence-corrected chi connectivity index (χ3v) is 2.90. The van der Waals surface area contributed by atoms with Crippen LogP contribution in [0.5, 0.6) is 0 Å². The van der Waals surface area contributed by atoms with Crippen LogP contribution in [0, 0.1) is 0 Å². The molecule has 2 N–H and O–H groups in total. The molecule has 6 heteroatoms. The summed E-state index contributed by atoms with van der Waals surface area (Å²) in [5.41, 5.74) is -0.313. The number of alkyl halides is 3. The summed E-state index contributed by atoms with van der Waals surface area (Å²) in [6.07, 6.45) is -3.05. The minimum Gasteiger partial charge on any atom is -0.396 e. The fourth-order valence-corrected chi connectivity index (χ4v) is 1.78. The quantitative estimate of drug-likeness (QED) is 0.791. The Morgan fingerprint density at radius 2 is 2.05 bits per heavy atom. The molecule has 1 unspecified atom stereocenters. The van der Waals surface area contributed by atoms with Gasteiger partial charge in [0, 0.05) is 13.0 Å². The highest BCUT2D eigenvalue weighted by Crippen LogP contribution is 2.30. The van der Waals surface area contributed by atoms with Gasteiger partial charge in [-0.2, -0.15) is 13.2 Å². The summed E-state index contributed by atoms with van der Waals surface area (Å²) in [6.45, 7) is 1.66. The molecule has 0 aromatic heterocycles. The van der Waals surface area contributed by atoms with Crippen LogP contribution in [0.25, 0.3) is 0 Å². The lowest BCUT2D eigenvalue weighted by atomic mass is 10.0. The molecule has 1 atom stereocenters. The van der Waals surface area contributed by atoms with Gasteiger partial charge in [-0.25, -0.2) is 0 Å². The average Bonchev–Trinajstić information content (AvgIpc) is 2.38. The Hall–Kier alpha value is -1.56. The van der Waals surface area contributed by atoms with Gasteiger partial charge in [0.1, 0.15) is 0 Å². The molecular formula is C14H18F3NO2. The third kappa shape index (κ3) is 5.21. The lowest BCUT2D eigenvalue weighted by molar-refractivity contribution is -0.137. The second-order valence-corrected chi connectivity index (χ2v) is 4.59. The fourth-order valence-electron chi connectivity index (χ4n) is 1.78. The van der Waals surface area contributed by atoms with E-state index in [2.05, 4.69) is 5.32 Å². The molecule has 112 valence electrons. The van der Waals surface area contributed by atoms with Crippen LogP contribution >= 0.6 is 0 Å². The molecule has 1 aromatic carbocycles. The molecule has 0 saturated heterocycles. The first-order valence-electron chi connectivity index (χ1n) is 6.42. The minimum atomic E-state index is -4.39. The summed E-state index contributed by atoms with van der Waals surface area (Å²) < 4.78 is 37.8. The van der Waals surface area contributed by atoms with E-state index in [1.807, 2.05) is 0 Å². The highest BCUT2D eigenvalue weighted by atomic mass is 19.4. The summed E-state index contributed by atoms with van der Waals surface area (Å²) in [4.78, 5) is 11.6. The van der Waals surface area contributed by atoms with E-state index in [0.717, 1.165) is 12.1 Å². The molecule has 1 amide bonds. The molecule has 3 nitrogen and oxygen atoms in total. The summed E-state index contributed by atoms with van der Waals surface area (Å²) in [5, 5.41) is 11.3. The van der Waals surface area contributed by atoms with Crippen molar-refractivity contribution in [3.8, 4) is 0 Å². The Balaban J connectivity index is 2.63. The van der Waals surface area contributed by atoms with Gasteiger partial charge in [-0.15, -0.1) is 0 Å². The van der Waals surface area contributed by atoms with E-state index in [0.29, 0.717) is 18.4 Å². The van der Waals surface area contributed by atoms with Gasteiger partial charge in [0.2, 0.25) is 5.91 Å². The van der Waals surface area contributed by atoms with Gasteiger partial charge in [-0.3, -0.25) is 4.79 Å². The molecular weight excluding hydrogens is 271 g/mol. The molecule has 0 radical (unpaired) electrons. The molecule has 0 bridgehead atoms. The van der Waals surface area contributed by atoms with E-state index >= 15 is 0 Å². The zero-order chi connectivity index (χ0) is 15.2. The number of nitrogens with one attached hydrogen (secondary N) is 1. The summed E-state index contributed by atoms with van der Waals surface area (Å²) in [7, 11) is 0. The molecule has 20 heavy (non-hydrogen) atoms. The number of halogens is 3. The zero-order valence-corrected chi connectivity index (χ0v) is 11.2. The first-order chi connectivity index (χ1) is 9.34. The molecule has 0 saturated carbocycles. The first kappa shape index (κ1) is 16.5. The van der Waals surface area contributed by atoms with Crippen molar-refractivity contribution in [3.63, 3.8) is 0 Å². The van der Waals surface area contributed by atoms with Gasteiger partial charge in [0.15, 0.2) is 0 Å². The number of hydrogen-bond donors (Lipinski definition) is 2. The Morgan fingerprint density at radius 1 is 1.35 bits per heavy atom. The van der Waals surface area contributed by atoms with Gasteiger partial charge in [0.05, 0.1) is 11.6 Å². The number of aliphatic hydroxyl groups excluding tert-OH is 1. The highest BCUT2D eigenvalue weighted by Gasteiger charge is 2.30. The number of unbranched alkanes of at least 4 members (excludes halogenated alkanes) is 1. The maximum Gasteiger partial charge on any atom is 0.416 e. The monoisotopic (exact) mass is 289 g/mol. The SMILES string of the molecule is CC(NC(=O)CCCCO)c1cccc(C(F)(F)F)c1. The smallest absolute Gasteiger partial charge is 0.396 e. The molecule has 0 aliphatic heterocycles. The number of amides is 1. The van der Waals surface area contributed by atoms with Crippen molar-refractivity contribution in [1.82, 2.24) is 5.32 Å². The number of benzene rings is 1. The summed E-state index contributed by atoms with van der Waals surface area (Å²) in [5.74, 6) is -0.233. The molecule has 1 rings (SSSR count). The maximum atomic E-state index is 12.6. The minimum absolute atomic E-state index is 0.0243. The van der Waals surface area contributed by atoms with E-state index in [1.54, 1.807) is 13.0 Å². The Kier molecular flexibility index (Phi) is 6.01. The largest absolute Gasteiger partial charge is 0.416 e. The molecule has 1 aromatic rings. The zero-order valence-electron chi connectivity index (χ0n) is 11.2. The van der Waals surface area contributed by atoms with Gasteiger partial charge in [-0.1, -0.05) is 12.1 Å². The highest BCUT2D eigenvalue weighted by molar-refractivity contribution is 5.76.